The Bertz CT molecular complexity index is 774. The Morgan fingerprint density at radius 2 is 1.95 bits per heavy atom. The lowest BCUT2D eigenvalue weighted by molar-refractivity contribution is 1.16. The van der Waals surface area contributed by atoms with Crippen molar-refractivity contribution in [3.8, 4) is 22.0 Å². The first kappa shape index (κ1) is 14.9. The molecule has 2 aromatic heterocycles. The lowest BCUT2D eigenvalue weighted by Gasteiger charge is -2.10. The topological polar surface area (TPSA) is 37.8 Å². The van der Waals surface area contributed by atoms with Crippen molar-refractivity contribution in [1.82, 2.24) is 9.97 Å². The summed E-state index contributed by atoms with van der Waals surface area (Å²) in [4.78, 5) is 10.4. The van der Waals surface area contributed by atoms with Crippen molar-refractivity contribution in [1.29, 1.82) is 0 Å². The van der Waals surface area contributed by atoms with E-state index in [9.17, 15) is 0 Å². The van der Waals surface area contributed by atoms with Gasteiger partial charge in [-0.2, -0.15) is 0 Å². The molecular formula is C15H11BrIN3S. The van der Waals surface area contributed by atoms with Gasteiger partial charge in [0.15, 0.2) is 5.82 Å². The standard InChI is InChI=1S/C15H11BrIN3S/c1-18-15-12(17)13(9-5-3-2-4-6-9)19-14(20-15)11-7-10(16)8-21-11/h2-8H,1H3,(H,18,19,20). The van der Waals surface area contributed by atoms with Crippen molar-refractivity contribution in [2.75, 3.05) is 12.4 Å². The molecule has 3 aromatic rings. The van der Waals surface area contributed by atoms with Crippen LogP contribution in [0.4, 0.5) is 5.82 Å². The summed E-state index contributed by atoms with van der Waals surface area (Å²) in [5.41, 5.74) is 2.05. The molecule has 0 spiro atoms. The summed E-state index contributed by atoms with van der Waals surface area (Å²) in [7, 11) is 1.88. The zero-order valence-electron chi connectivity index (χ0n) is 11.1. The molecule has 2 heterocycles. The van der Waals surface area contributed by atoms with Crippen molar-refractivity contribution in [3.63, 3.8) is 0 Å². The van der Waals surface area contributed by atoms with E-state index in [1.165, 1.54) is 0 Å². The Morgan fingerprint density at radius 3 is 2.57 bits per heavy atom. The Kier molecular flexibility index (Phi) is 4.56. The second kappa shape index (κ2) is 6.41. The number of hydrogen-bond acceptors (Lipinski definition) is 4. The third-order valence-corrected chi connectivity index (χ3v) is 5.63. The van der Waals surface area contributed by atoms with Gasteiger partial charge in [-0.3, -0.25) is 0 Å². The molecule has 0 atom stereocenters. The first-order chi connectivity index (χ1) is 10.2. The van der Waals surface area contributed by atoms with Crippen molar-refractivity contribution >= 4 is 55.7 Å². The number of nitrogens with one attached hydrogen (secondary N) is 1. The van der Waals surface area contributed by atoms with E-state index in [-0.39, 0.29) is 0 Å². The van der Waals surface area contributed by atoms with Gasteiger partial charge in [-0.1, -0.05) is 30.3 Å². The molecule has 6 heteroatoms. The van der Waals surface area contributed by atoms with E-state index in [1.54, 1.807) is 11.3 Å². The maximum Gasteiger partial charge on any atom is 0.172 e. The summed E-state index contributed by atoms with van der Waals surface area (Å²) in [6, 6.07) is 12.2. The minimum absolute atomic E-state index is 0.745. The smallest absolute Gasteiger partial charge is 0.172 e. The van der Waals surface area contributed by atoms with Gasteiger partial charge in [0.2, 0.25) is 0 Å². The summed E-state index contributed by atoms with van der Waals surface area (Å²) in [6.45, 7) is 0. The van der Waals surface area contributed by atoms with Gasteiger partial charge in [-0.15, -0.1) is 11.3 Å². The number of thiophene rings is 1. The summed E-state index contributed by atoms with van der Waals surface area (Å²) in [5, 5.41) is 5.20. The number of anilines is 1. The Hall–Kier alpha value is -0.990. The predicted molar refractivity (Wildman–Crippen MR) is 101 cm³/mol. The SMILES string of the molecule is CNc1nc(-c2cc(Br)cs2)nc(-c2ccccc2)c1I. The summed E-state index contributed by atoms with van der Waals surface area (Å²) < 4.78 is 2.08. The van der Waals surface area contributed by atoms with Crippen LogP contribution in [0.2, 0.25) is 0 Å². The molecular weight excluding hydrogens is 461 g/mol. The van der Waals surface area contributed by atoms with Crippen LogP contribution < -0.4 is 5.32 Å². The maximum absolute atomic E-state index is 4.77. The Balaban J connectivity index is 2.20. The monoisotopic (exact) mass is 471 g/mol. The van der Waals surface area contributed by atoms with Crippen LogP contribution in [-0.4, -0.2) is 17.0 Å². The molecule has 106 valence electrons. The number of halogens is 2. The molecule has 0 aliphatic carbocycles. The highest BCUT2D eigenvalue weighted by atomic mass is 127. The fourth-order valence-corrected chi connectivity index (χ4v) is 4.12. The molecule has 1 aromatic carbocycles. The quantitative estimate of drug-likeness (QED) is 0.528. The number of aromatic nitrogens is 2. The van der Waals surface area contributed by atoms with Crippen LogP contribution in [0, 0.1) is 3.57 Å². The summed E-state index contributed by atoms with van der Waals surface area (Å²) in [6.07, 6.45) is 0. The molecule has 3 nitrogen and oxygen atoms in total. The molecule has 0 bridgehead atoms. The average Bonchev–Trinajstić information content (AvgIpc) is 2.95. The molecule has 0 saturated heterocycles. The van der Waals surface area contributed by atoms with Gasteiger partial charge >= 0.3 is 0 Å². The summed E-state index contributed by atoms with van der Waals surface area (Å²) in [5.74, 6) is 1.60. The van der Waals surface area contributed by atoms with Crippen molar-refractivity contribution in [2.24, 2.45) is 0 Å². The fraction of sp³-hybridized carbons (Fsp3) is 0.0667. The van der Waals surface area contributed by atoms with Crippen LogP contribution >= 0.6 is 49.9 Å². The van der Waals surface area contributed by atoms with Crippen molar-refractivity contribution < 1.29 is 0 Å². The maximum atomic E-state index is 4.77. The van der Waals surface area contributed by atoms with E-state index in [1.807, 2.05) is 36.7 Å². The van der Waals surface area contributed by atoms with E-state index in [4.69, 9.17) is 4.98 Å². The normalized spacial score (nSPS) is 10.6. The van der Waals surface area contributed by atoms with Gasteiger partial charge in [-0.05, 0) is 44.6 Å². The third-order valence-electron chi connectivity index (χ3n) is 2.92. The van der Waals surface area contributed by atoms with E-state index in [0.717, 1.165) is 35.8 Å². The van der Waals surface area contributed by atoms with Crippen LogP contribution in [0.15, 0.2) is 46.3 Å². The summed E-state index contributed by atoms with van der Waals surface area (Å²) >= 11 is 7.40. The first-order valence-electron chi connectivity index (χ1n) is 6.24. The van der Waals surface area contributed by atoms with Crippen LogP contribution in [0.25, 0.3) is 22.0 Å². The molecule has 0 unspecified atom stereocenters. The second-order valence-corrected chi connectivity index (χ2v) is 7.21. The van der Waals surface area contributed by atoms with E-state index < -0.39 is 0 Å². The average molecular weight is 472 g/mol. The largest absolute Gasteiger partial charge is 0.372 e. The van der Waals surface area contributed by atoms with Crippen molar-refractivity contribution in [3.05, 3.63) is 49.8 Å². The lowest BCUT2D eigenvalue weighted by atomic mass is 10.1. The fourth-order valence-electron chi connectivity index (χ4n) is 1.94. The molecule has 0 saturated carbocycles. The van der Waals surface area contributed by atoms with Crippen LogP contribution in [0.3, 0.4) is 0 Å². The minimum Gasteiger partial charge on any atom is -0.372 e. The molecule has 0 radical (unpaired) electrons. The Labute approximate surface area is 149 Å². The van der Waals surface area contributed by atoms with E-state index in [2.05, 4.69) is 61.0 Å². The number of hydrogen-bond donors (Lipinski definition) is 1. The van der Waals surface area contributed by atoms with Gasteiger partial charge in [-0.25, -0.2) is 9.97 Å². The van der Waals surface area contributed by atoms with Crippen LogP contribution in [0.5, 0.6) is 0 Å². The van der Waals surface area contributed by atoms with E-state index >= 15 is 0 Å². The highest BCUT2D eigenvalue weighted by Gasteiger charge is 2.15. The number of benzene rings is 1. The molecule has 0 aliphatic rings. The highest BCUT2D eigenvalue weighted by Crippen LogP contribution is 2.33. The second-order valence-electron chi connectivity index (χ2n) is 4.30. The van der Waals surface area contributed by atoms with Crippen LogP contribution in [-0.2, 0) is 0 Å². The van der Waals surface area contributed by atoms with Gasteiger partial charge in [0.1, 0.15) is 5.82 Å². The molecule has 1 N–H and O–H groups in total. The molecule has 0 aliphatic heterocycles. The zero-order valence-corrected chi connectivity index (χ0v) is 15.7. The molecule has 3 rings (SSSR count). The number of nitrogens with zero attached hydrogens (tertiary/aromatic N) is 2. The highest BCUT2D eigenvalue weighted by molar-refractivity contribution is 14.1. The van der Waals surface area contributed by atoms with Crippen molar-refractivity contribution in [2.45, 2.75) is 0 Å². The third kappa shape index (κ3) is 3.12. The zero-order chi connectivity index (χ0) is 14.8. The molecule has 21 heavy (non-hydrogen) atoms. The van der Waals surface area contributed by atoms with Crippen LogP contribution in [0.1, 0.15) is 0 Å². The van der Waals surface area contributed by atoms with E-state index in [0.29, 0.717) is 0 Å². The number of rotatable bonds is 3. The first-order valence-corrected chi connectivity index (χ1v) is 8.99. The van der Waals surface area contributed by atoms with Gasteiger partial charge in [0, 0.05) is 22.5 Å². The van der Waals surface area contributed by atoms with Gasteiger partial charge in [0.05, 0.1) is 14.1 Å². The minimum atomic E-state index is 0.745. The van der Waals surface area contributed by atoms with Gasteiger partial charge in [0.25, 0.3) is 0 Å². The van der Waals surface area contributed by atoms with Gasteiger partial charge < -0.3 is 5.32 Å². The molecule has 0 fully saturated rings. The lowest BCUT2D eigenvalue weighted by Crippen LogP contribution is -2.02. The Morgan fingerprint density at radius 1 is 1.19 bits per heavy atom. The predicted octanol–water partition coefficient (Wildman–Crippen LogP) is 5.28. The molecule has 0 amide bonds.